The van der Waals surface area contributed by atoms with Gasteiger partial charge in [-0.25, -0.2) is 0 Å². The van der Waals surface area contributed by atoms with Gasteiger partial charge < -0.3 is 0 Å². The average molecular weight is 279 g/mol. The van der Waals surface area contributed by atoms with E-state index in [0.717, 1.165) is 0 Å². The molecule has 0 N–H and O–H groups in total. The Morgan fingerprint density at radius 2 is 1.19 bits per heavy atom. The maximum absolute atomic E-state index is 3.52. The molecule has 0 aromatic heterocycles. The maximum atomic E-state index is 3.52. The first-order valence-electron chi connectivity index (χ1n) is 7.74. The van der Waals surface area contributed by atoms with Crippen LogP contribution in [0.4, 0.5) is 0 Å². The van der Waals surface area contributed by atoms with Gasteiger partial charge in [0.05, 0.1) is 0 Å². The van der Waals surface area contributed by atoms with Gasteiger partial charge in [0.1, 0.15) is 0 Å². The highest BCUT2D eigenvalue weighted by Crippen LogP contribution is 2.57. The van der Waals surface area contributed by atoms with Crippen LogP contribution in [0.3, 0.4) is 0 Å². The van der Waals surface area contributed by atoms with Crippen LogP contribution >= 0.6 is 0 Å². The second-order valence-corrected chi connectivity index (χ2v) is 7.89. The monoisotopic (exact) mass is 279 g/mol. The van der Waals surface area contributed by atoms with Crippen molar-refractivity contribution in [2.45, 2.75) is 47.0 Å². The normalized spacial score (nSPS) is 13.2. The van der Waals surface area contributed by atoms with E-state index < -0.39 is 0 Å². The fraction of sp³-hybridized carbons (Fsp3) is 0.429. The molecule has 2 aromatic carbocycles. The predicted molar refractivity (Wildman–Crippen MR) is 91.4 cm³/mol. The Morgan fingerprint density at radius 1 is 0.667 bits per heavy atom. The first kappa shape index (κ1) is 15.8. The average Bonchev–Trinajstić information content (AvgIpc) is 2.38. The summed E-state index contributed by atoms with van der Waals surface area (Å²) in [7, 11) is 0. The van der Waals surface area contributed by atoms with Crippen LogP contribution in [-0.2, 0) is 5.41 Å². The lowest BCUT2D eigenvalue weighted by Gasteiger charge is -2.54. The molecule has 0 saturated heterocycles. The summed E-state index contributed by atoms with van der Waals surface area (Å²) in [6.45, 7) is 14.0. The highest BCUT2D eigenvalue weighted by Gasteiger charge is 2.52. The molecule has 0 nitrogen and oxygen atoms in total. The van der Waals surface area contributed by atoms with E-state index in [2.05, 4.69) is 90.1 Å². The Morgan fingerprint density at radius 3 is 1.62 bits per heavy atom. The maximum Gasteiger partial charge on any atom is 0.0305 e. The molecule has 0 aliphatic heterocycles. The Hall–Kier alpha value is -1.56. The number of hydrogen-bond acceptors (Lipinski definition) is 0. The van der Waals surface area contributed by atoms with Crippen molar-refractivity contribution in [3.8, 4) is 0 Å². The van der Waals surface area contributed by atoms with Gasteiger partial charge in [0.25, 0.3) is 0 Å². The van der Waals surface area contributed by atoms with Gasteiger partial charge in [-0.15, -0.1) is 0 Å². The minimum atomic E-state index is -0.0947. The van der Waals surface area contributed by atoms with Crippen molar-refractivity contribution in [2.24, 2.45) is 10.8 Å². The molecule has 0 unspecified atom stereocenters. The summed E-state index contributed by atoms with van der Waals surface area (Å²) in [5, 5.41) is 0. The molecule has 21 heavy (non-hydrogen) atoms. The van der Waals surface area contributed by atoms with E-state index in [4.69, 9.17) is 0 Å². The summed E-state index contributed by atoms with van der Waals surface area (Å²) in [4.78, 5) is 0. The minimum Gasteiger partial charge on any atom is -0.0622 e. The van der Waals surface area contributed by atoms with Crippen LogP contribution < -0.4 is 0 Å². The first-order valence-corrected chi connectivity index (χ1v) is 7.74. The van der Waals surface area contributed by atoms with Gasteiger partial charge in [-0.3, -0.25) is 0 Å². The molecule has 0 aliphatic carbocycles. The van der Waals surface area contributed by atoms with E-state index in [1.165, 1.54) is 11.1 Å². The quantitative estimate of drug-likeness (QED) is 0.645. The van der Waals surface area contributed by atoms with E-state index in [1.807, 2.05) is 12.1 Å². The van der Waals surface area contributed by atoms with Gasteiger partial charge >= 0.3 is 0 Å². The molecule has 0 bridgehead atoms. The Kier molecular flexibility index (Phi) is 4.02. The second kappa shape index (κ2) is 5.33. The van der Waals surface area contributed by atoms with Crippen LogP contribution in [-0.4, -0.2) is 0 Å². The zero-order valence-corrected chi connectivity index (χ0v) is 14.2. The van der Waals surface area contributed by atoms with Crippen molar-refractivity contribution in [1.82, 2.24) is 0 Å². The molecule has 0 amide bonds. The third kappa shape index (κ3) is 2.52. The third-order valence-electron chi connectivity index (χ3n) is 4.57. The standard InChI is InChI=1S/C21H27/c1-19(2,3)21(20(4,5)6,17-13-9-7-10-14-17)18-15-11-8-12-16-18/h7-15H,1-6H3. The molecule has 0 aliphatic rings. The molecular formula is C21H27. The zero-order valence-electron chi connectivity index (χ0n) is 14.2. The third-order valence-corrected chi connectivity index (χ3v) is 4.57. The van der Waals surface area contributed by atoms with Crippen LogP contribution in [0.25, 0.3) is 0 Å². The van der Waals surface area contributed by atoms with Gasteiger partial charge in [-0.05, 0) is 28.0 Å². The lowest BCUT2D eigenvalue weighted by molar-refractivity contribution is 0.0904. The summed E-state index contributed by atoms with van der Waals surface area (Å²) in [5.74, 6) is 0. The molecule has 2 rings (SSSR count). The van der Waals surface area contributed by atoms with Gasteiger partial charge in [-0.1, -0.05) is 96.1 Å². The topological polar surface area (TPSA) is 0 Å². The van der Waals surface area contributed by atoms with Crippen LogP contribution in [0.2, 0.25) is 0 Å². The number of rotatable bonds is 2. The van der Waals surface area contributed by atoms with Crippen molar-refractivity contribution in [3.63, 3.8) is 0 Å². The molecule has 0 atom stereocenters. The summed E-state index contributed by atoms with van der Waals surface area (Å²) >= 11 is 0. The van der Waals surface area contributed by atoms with Crippen molar-refractivity contribution in [3.05, 3.63) is 71.8 Å². The zero-order chi connectivity index (χ0) is 15.7. The van der Waals surface area contributed by atoms with E-state index in [9.17, 15) is 0 Å². The Balaban J connectivity index is 2.87. The molecule has 0 spiro atoms. The molecule has 111 valence electrons. The highest BCUT2D eigenvalue weighted by atomic mass is 14.5. The fourth-order valence-electron chi connectivity index (χ4n) is 4.27. The van der Waals surface area contributed by atoms with Crippen molar-refractivity contribution in [2.75, 3.05) is 0 Å². The van der Waals surface area contributed by atoms with Gasteiger partial charge in [0.2, 0.25) is 0 Å². The van der Waals surface area contributed by atoms with Crippen LogP contribution in [0.5, 0.6) is 0 Å². The highest BCUT2D eigenvalue weighted by molar-refractivity contribution is 5.43. The summed E-state index contributed by atoms with van der Waals surface area (Å²) in [5.41, 5.74) is 2.70. The van der Waals surface area contributed by atoms with Gasteiger partial charge in [-0.2, -0.15) is 0 Å². The van der Waals surface area contributed by atoms with E-state index in [-0.39, 0.29) is 16.2 Å². The summed E-state index contributed by atoms with van der Waals surface area (Å²) < 4.78 is 0. The SMILES string of the molecule is CC(C)(C)C(c1[c]cccc1)(c1ccccc1)C(C)(C)C. The van der Waals surface area contributed by atoms with Crippen molar-refractivity contribution >= 4 is 0 Å². The van der Waals surface area contributed by atoms with Gasteiger partial charge in [0.15, 0.2) is 0 Å². The Bertz CT molecular complexity index is 509. The smallest absolute Gasteiger partial charge is 0.0305 e. The van der Waals surface area contributed by atoms with Crippen LogP contribution in [0.1, 0.15) is 52.7 Å². The Labute approximate surface area is 130 Å². The number of hydrogen-bond donors (Lipinski definition) is 0. The molecule has 1 radical (unpaired) electrons. The molecule has 0 saturated carbocycles. The molecule has 0 heterocycles. The fourth-order valence-corrected chi connectivity index (χ4v) is 4.27. The second-order valence-electron chi connectivity index (χ2n) is 7.89. The van der Waals surface area contributed by atoms with E-state index in [1.54, 1.807) is 0 Å². The molecule has 0 heteroatoms. The molecule has 2 aromatic rings. The summed E-state index contributed by atoms with van der Waals surface area (Å²) in [6.07, 6.45) is 0. The molecule has 0 fully saturated rings. The van der Waals surface area contributed by atoms with Crippen molar-refractivity contribution in [1.29, 1.82) is 0 Å². The van der Waals surface area contributed by atoms with Crippen LogP contribution in [0.15, 0.2) is 54.6 Å². The van der Waals surface area contributed by atoms with Crippen LogP contribution in [0, 0.1) is 16.9 Å². The van der Waals surface area contributed by atoms with E-state index >= 15 is 0 Å². The minimum absolute atomic E-state index is 0.0739. The lowest BCUT2D eigenvalue weighted by Crippen LogP contribution is -2.51. The van der Waals surface area contributed by atoms with E-state index in [0.29, 0.717) is 0 Å². The van der Waals surface area contributed by atoms with Crippen molar-refractivity contribution < 1.29 is 0 Å². The van der Waals surface area contributed by atoms with Gasteiger partial charge in [0, 0.05) is 5.41 Å². The largest absolute Gasteiger partial charge is 0.0622 e. The molecular weight excluding hydrogens is 252 g/mol. The first-order chi connectivity index (χ1) is 9.71. The lowest BCUT2D eigenvalue weighted by atomic mass is 9.48. The predicted octanol–water partition coefficient (Wildman–Crippen LogP) is 5.87. The summed E-state index contributed by atoms with van der Waals surface area (Å²) in [6, 6.07) is 22.9. The number of benzene rings is 2.